The molecule has 0 aromatic heterocycles. The van der Waals surface area contributed by atoms with Gasteiger partial charge in [0.2, 0.25) is 5.91 Å². The first-order chi connectivity index (χ1) is 16.7. The average molecular weight is 498 g/mol. The van der Waals surface area contributed by atoms with Crippen LogP contribution < -0.4 is 8.92 Å². The first-order valence-electron chi connectivity index (χ1n) is 11.1. The third kappa shape index (κ3) is 6.93. The molecule has 3 aromatic carbocycles. The SMILES string of the molecule is CCC(C)N(Cc1ccc(OC)c(OS(=O)(=O)c2ccc(F)cc2)c1)C(=O)C=Cc1ccccc1. The number of benzene rings is 3. The Balaban J connectivity index is 1.86. The van der Waals surface area contributed by atoms with Crippen LogP contribution >= 0.6 is 0 Å². The van der Waals surface area contributed by atoms with Gasteiger partial charge in [0.05, 0.1) is 7.11 Å². The van der Waals surface area contributed by atoms with Gasteiger partial charge in [-0.25, -0.2) is 4.39 Å². The summed E-state index contributed by atoms with van der Waals surface area (Å²) in [5, 5.41) is 0. The van der Waals surface area contributed by atoms with E-state index in [0.717, 1.165) is 36.2 Å². The van der Waals surface area contributed by atoms with Gasteiger partial charge in [0.25, 0.3) is 0 Å². The number of amides is 1. The highest BCUT2D eigenvalue weighted by Crippen LogP contribution is 2.31. The minimum Gasteiger partial charge on any atom is -0.493 e. The number of methoxy groups -OCH3 is 1. The molecule has 8 heteroatoms. The highest BCUT2D eigenvalue weighted by molar-refractivity contribution is 7.87. The largest absolute Gasteiger partial charge is 0.493 e. The lowest BCUT2D eigenvalue weighted by atomic mass is 10.1. The lowest BCUT2D eigenvalue weighted by molar-refractivity contribution is -0.128. The molecule has 0 radical (unpaired) electrons. The molecule has 0 aliphatic rings. The van der Waals surface area contributed by atoms with Crippen LogP contribution in [0.4, 0.5) is 4.39 Å². The molecule has 0 saturated carbocycles. The van der Waals surface area contributed by atoms with E-state index in [1.807, 2.05) is 44.2 Å². The molecule has 0 aliphatic heterocycles. The van der Waals surface area contributed by atoms with E-state index < -0.39 is 15.9 Å². The number of carbonyl (C=O) groups excluding carboxylic acids is 1. The zero-order valence-electron chi connectivity index (χ0n) is 19.8. The van der Waals surface area contributed by atoms with Gasteiger partial charge in [0.1, 0.15) is 10.7 Å². The molecule has 0 bridgehead atoms. The number of hydrogen-bond acceptors (Lipinski definition) is 5. The maximum atomic E-state index is 13.2. The number of carbonyl (C=O) groups is 1. The number of ether oxygens (including phenoxy) is 1. The molecule has 0 saturated heterocycles. The van der Waals surface area contributed by atoms with Gasteiger partial charge in [-0.2, -0.15) is 8.42 Å². The van der Waals surface area contributed by atoms with Crippen LogP contribution in [0.5, 0.6) is 11.5 Å². The van der Waals surface area contributed by atoms with Crippen LogP contribution in [0.15, 0.2) is 83.8 Å². The minimum atomic E-state index is -4.22. The Bertz CT molecular complexity index is 1270. The summed E-state index contributed by atoms with van der Waals surface area (Å²) in [5.41, 5.74) is 1.58. The van der Waals surface area contributed by atoms with Crippen molar-refractivity contribution in [1.82, 2.24) is 4.90 Å². The Morgan fingerprint density at radius 2 is 1.71 bits per heavy atom. The molecule has 0 aliphatic carbocycles. The summed E-state index contributed by atoms with van der Waals surface area (Å²) in [7, 11) is -2.82. The van der Waals surface area contributed by atoms with Crippen molar-refractivity contribution < 1.29 is 26.5 Å². The molecule has 0 heterocycles. The van der Waals surface area contributed by atoms with Crippen LogP contribution in [0.1, 0.15) is 31.4 Å². The molecular formula is C27H28FNO5S. The van der Waals surface area contributed by atoms with Gasteiger partial charge in [-0.1, -0.05) is 43.3 Å². The van der Waals surface area contributed by atoms with E-state index >= 15 is 0 Å². The van der Waals surface area contributed by atoms with E-state index in [1.165, 1.54) is 19.3 Å². The normalized spacial score (nSPS) is 12.3. The van der Waals surface area contributed by atoms with E-state index in [2.05, 4.69) is 0 Å². The van der Waals surface area contributed by atoms with Gasteiger partial charge in [0, 0.05) is 18.7 Å². The predicted molar refractivity (Wildman–Crippen MR) is 133 cm³/mol. The van der Waals surface area contributed by atoms with Crippen molar-refractivity contribution in [2.24, 2.45) is 0 Å². The first-order valence-corrected chi connectivity index (χ1v) is 12.5. The van der Waals surface area contributed by atoms with E-state index in [0.29, 0.717) is 5.56 Å². The van der Waals surface area contributed by atoms with Gasteiger partial charge in [-0.05, 0) is 66.9 Å². The minimum absolute atomic E-state index is 0.0225. The molecule has 1 amide bonds. The van der Waals surface area contributed by atoms with Crippen molar-refractivity contribution >= 4 is 22.1 Å². The summed E-state index contributed by atoms with van der Waals surface area (Å²) in [6, 6.07) is 18.7. The van der Waals surface area contributed by atoms with Crippen LogP contribution in [-0.2, 0) is 21.5 Å². The maximum absolute atomic E-state index is 13.2. The number of nitrogens with zero attached hydrogens (tertiary/aromatic N) is 1. The molecule has 3 aromatic rings. The molecule has 1 atom stereocenters. The molecule has 6 nitrogen and oxygen atoms in total. The summed E-state index contributed by atoms with van der Waals surface area (Å²) in [6.45, 7) is 4.18. The maximum Gasteiger partial charge on any atom is 0.339 e. The summed E-state index contributed by atoms with van der Waals surface area (Å²) in [6.07, 6.45) is 4.03. The molecular weight excluding hydrogens is 469 g/mol. The molecule has 184 valence electrons. The van der Waals surface area contributed by atoms with Gasteiger partial charge in [-0.15, -0.1) is 0 Å². The molecule has 1 unspecified atom stereocenters. The Morgan fingerprint density at radius 1 is 1.03 bits per heavy atom. The molecule has 3 rings (SSSR count). The topological polar surface area (TPSA) is 72.9 Å². The Hall–Kier alpha value is -3.65. The second kappa shape index (κ2) is 11.7. The van der Waals surface area contributed by atoms with Gasteiger partial charge in [-0.3, -0.25) is 4.79 Å². The average Bonchev–Trinajstić information content (AvgIpc) is 2.86. The van der Waals surface area contributed by atoms with Gasteiger partial charge < -0.3 is 13.8 Å². The molecule has 0 N–H and O–H groups in total. The number of rotatable bonds is 10. The Kier molecular flexibility index (Phi) is 8.65. The second-order valence-corrected chi connectivity index (χ2v) is 9.49. The molecule has 0 fully saturated rings. The fourth-order valence-corrected chi connectivity index (χ4v) is 4.28. The van der Waals surface area contributed by atoms with Crippen LogP contribution in [0.3, 0.4) is 0 Å². The van der Waals surface area contributed by atoms with Crippen molar-refractivity contribution in [2.45, 2.75) is 37.8 Å². The highest BCUT2D eigenvalue weighted by Gasteiger charge is 2.22. The van der Waals surface area contributed by atoms with E-state index in [4.69, 9.17) is 8.92 Å². The van der Waals surface area contributed by atoms with Crippen molar-refractivity contribution in [3.05, 3.63) is 95.8 Å². The smallest absolute Gasteiger partial charge is 0.339 e. The number of hydrogen-bond donors (Lipinski definition) is 0. The highest BCUT2D eigenvalue weighted by atomic mass is 32.2. The Labute approximate surface area is 205 Å². The lowest BCUT2D eigenvalue weighted by Gasteiger charge is -2.28. The van der Waals surface area contributed by atoms with Crippen molar-refractivity contribution in [3.8, 4) is 11.5 Å². The quantitative estimate of drug-likeness (QED) is 0.275. The monoisotopic (exact) mass is 497 g/mol. The standard InChI is InChI=1S/C27H28FNO5S/c1-4-20(2)29(27(30)17-11-21-8-6-5-7-9-21)19-22-10-16-25(33-3)26(18-22)34-35(31,32)24-14-12-23(28)13-15-24/h5-18,20H,4,19H2,1-3H3. The zero-order chi connectivity index (χ0) is 25.4. The van der Waals surface area contributed by atoms with Crippen LogP contribution in [0.2, 0.25) is 0 Å². The fourth-order valence-electron chi connectivity index (χ4n) is 3.35. The zero-order valence-corrected chi connectivity index (χ0v) is 20.7. The van der Waals surface area contributed by atoms with Crippen LogP contribution in [0.25, 0.3) is 6.08 Å². The third-order valence-electron chi connectivity index (χ3n) is 5.51. The summed E-state index contributed by atoms with van der Waals surface area (Å²) >= 11 is 0. The van der Waals surface area contributed by atoms with E-state index in [1.54, 1.807) is 23.1 Å². The predicted octanol–water partition coefficient (Wildman–Crippen LogP) is 5.44. The third-order valence-corrected chi connectivity index (χ3v) is 6.76. The van der Waals surface area contributed by atoms with Crippen molar-refractivity contribution in [3.63, 3.8) is 0 Å². The first kappa shape index (κ1) is 26.0. The van der Waals surface area contributed by atoms with Crippen LogP contribution in [0, 0.1) is 5.82 Å². The van der Waals surface area contributed by atoms with E-state index in [-0.39, 0.29) is 34.9 Å². The van der Waals surface area contributed by atoms with Crippen molar-refractivity contribution in [2.75, 3.05) is 7.11 Å². The lowest BCUT2D eigenvalue weighted by Crippen LogP contribution is -2.36. The summed E-state index contributed by atoms with van der Waals surface area (Å²) < 4.78 is 49.3. The summed E-state index contributed by atoms with van der Waals surface area (Å²) in [4.78, 5) is 14.5. The fraction of sp³-hybridized carbons (Fsp3) is 0.222. The molecule has 0 spiro atoms. The van der Waals surface area contributed by atoms with Crippen LogP contribution in [-0.4, -0.2) is 32.4 Å². The Morgan fingerprint density at radius 3 is 2.34 bits per heavy atom. The number of halogens is 1. The van der Waals surface area contributed by atoms with Crippen molar-refractivity contribution in [1.29, 1.82) is 0 Å². The van der Waals surface area contributed by atoms with Gasteiger partial charge in [0.15, 0.2) is 11.5 Å². The van der Waals surface area contributed by atoms with E-state index in [9.17, 15) is 17.6 Å². The van der Waals surface area contributed by atoms with Gasteiger partial charge >= 0.3 is 10.1 Å². The molecule has 35 heavy (non-hydrogen) atoms. The second-order valence-electron chi connectivity index (χ2n) is 7.94. The summed E-state index contributed by atoms with van der Waals surface area (Å²) in [5.74, 6) is -0.532.